The average Bonchev–Trinajstić information content (AvgIpc) is 3.69. The first-order chi connectivity index (χ1) is 25.1. The van der Waals surface area contributed by atoms with E-state index in [2.05, 4.69) is 122 Å². The van der Waals surface area contributed by atoms with E-state index in [4.69, 9.17) is 13.5 Å². The molecule has 1 radical (unpaired) electrons. The summed E-state index contributed by atoms with van der Waals surface area (Å²) in [7, 11) is -1.34. The zero-order valence-electron chi connectivity index (χ0n) is 32.9. The van der Waals surface area contributed by atoms with Crippen molar-refractivity contribution >= 4 is 46.4 Å². The van der Waals surface area contributed by atoms with Crippen LogP contribution in [0.1, 0.15) is 41.7 Å². The van der Waals surface area contributed by atoms with Gasteiger partial charge in [-0.15, -0.1) is 53.6 Å². The molecule has 0 atom stereocenters. The molecule has 0 aliphatic carbocycles. The van der Waals surface area contributed by atoms with Crippen LogP contribution in [0.3, 0.4) is 0 Å². The smallest absolute Gasteiger partial charge is 0.216 e. The number of furan rings is 1. The summed E-state index contributed by atoms with van der Waals surface area (Å²) in [6.07, 6.45) is 1.92. The van der Waals surface area contributed by atoms with E-state index in [1.807, 2.05) is 43.5 Å². The Morgan fingerprint density at radius 1 is 0.824 bits per heavy atom. The minimum Gasteiger partial charge on any atom is -0.486 e. The monoisotopic (exact) mass is 866 g/mol. The van der Waals surface area contributed by atoms with Crippen molar-refractivity contribution in [1.82, 2.24) is 19.5 Å². The number of imidazole rings is 1. The number of aromatic nitrogens is 4. The van der Waals surface area contributed by atoms with Gasteiger partial charge in [-0.05, 0) is 59.1 Å². The number of fused-ring (bicyclic) bond motifs is 4. The van der Waals surface area contributed by atoms with Crippen molar-refractivity contribution in [2.45, 2.75) is 59.6 Å². The van der Waals surface area contributed by atoms with Crippen LogP contribution in [0.4, 0.5) is 0 Å². The number of rotatable bonds is 4. The van der Waals surface area contributed by atoms with Crippen LogP contribution >= 0.6 is 0 Å². The van der Waals surface area contributed by atoms with Crippen molar-refractivity contribution in [1.29, 1.82) is 0 Å². The predicted molar refractivity (Wildman–Crippen MR) is 210 cm³/mol. The second kappa shape index (κ2) is 14.1. The van der Waals surface area contributed by atoms with Gasteiger partial charge in [0.2, 0.25) is 5.71 Å². The molecule has 0 fully saturated rings. The molecule has 4 heterocycles. The molecule has 0 saturated heterocycles. The molecule has 0 unspecified atom stereocenters. The summed E-state index contributed by atoms with van der Waals surface area (Å²) < 4.78 is 30.6. The third-order valence-corrected chi connectivity index (χ3v) is 10.9. The van der Waals surface area contributed by atoms with E-state index < -0.39 is 14.9 Å². The Kier molecular flexibility index (Phi) is 8.94. The Morgan fingerprint density at radius 3 is 2.31 bits per heavy atom. The van der Waals surface area contributed by atoms with E-state index >= 15 is 0 Å². The third-order valence-electron chi connectivity index (χ3n) is 8.89. The van der Waals surface area contributed by atoms with Gasteiger partial charge in [0, 0.05) is 47.2 Å². The van der Waals surface area contributed by atoms with Crippen molar-refractivity contribution < 1.29 is 28.6 Å². The fourth-order valence-electron chi connectivity index (χ4n) is 6.20. The maximum absolute atomic E-state index is 7.35. The first-order valence-electron chi connectivity index (χ1n) is 18.4. The van der Waals surface area contributed by atoms with Crippen LogP contribution in [0.5, 0.6) is 0 Å². The predicted octanol–water partition coefficient (Wildman–Crippen LogP) is 10.8. The van der Waals surface area contributed by atoms with Crippen LogP contribution in [-0.2, 0) is 25.5 Å². The molecule has 0 aliphatic rings. The van der Waals surface area contributed by atoms with Gasteiger partial charge in [0.25, 0.3) is 0 Å². The van der Waals surface area contributed by atoms with Gasteiger partial charge in [-0.25, -0.2) is 4.98 Å². The number of hydrogen-bond donors (Lipinski definition) is 0. The minimum atomic E-state index is -2.08. The van der Waals surface area contributed by atoms with Crippen LogP contribution in [0.25, 0.3) is 61.4 Å². The zero-order chi connectivity index (χ0) is 37.7. The third kappa shape index (κ3) is 7.25. The maximum atomic E-state index is 7.35. The van der Waals surface area contributed by atoms with Gasteiger partial charge in [-0.3, -0.25) is 4.98 Å². The molecule has 4 aromatic carbocycles. The van der Waals surface area contributed by atoms with Crippen molar-refractivity contribution in [2.75, 3.05) is 0 Å². The van der Waals surface area contributed by atoms with Crippen LogP contribution in [-0.4, -0.2) is 27.6 Å². The Bertz CT molecular complexity index is 2520. The van der Waals surface area contributed by atoms with Gasteiger partial charge in [0.1, 0.15) is 0 Å². The number of benzene rings is 4. The average molecular weight is 866 g/mol. The second-order valence-corrected chi connectivity index (χ2v) is 19.8. The van der Waals surface area contributed by atoms with Gasteiger partial charge in [0.15, 0.2) is 0 Å². The standard InChI is InChI=1S/C29H24N3O.C15H18NSi.Ir/c1-18-16-17-20-19-10-9-11-21(26(19)33-28(20)30-18)27-31-23-13-6-8-15-25(23)32(27)24-14-7-5-12-22(24)29(2,3)4;1-12-5-7-13(8-6-12)15-10-9-14(11-16-15)17(2,3)4;/h5-10,12-17H,1-4H3;5-7,9-11H,1-4H3;/q2*-1;/i;1D3;. The first kappa shape index (κ1) is 32.2. The number of pyridine rings is 2. The van der Waals surface area contributed by atoms with Crippen LogP contribution in [0.15, 0.2) is 114 Å². The Balaban J connectivity index is 0.000000205. The normalized spacial score (nSPS) is 12.9. The molecular formula is C44H42IrN4OSi-2. The van der Waals surface area contributed by atoms with E-state index in [1.54, 1.807) is 12.1 Å². The topological polar surface area (TPSA) is 56.7 Å². The number of aryl methyl sites for hydroxylation is 2. The molecule has 0 bridgehead atoms. The molecule has 4 aromatic heterocycles. The molecule has 0 amide bonds. The molecule has 259 valence electrons. The number of para-hydroxylation sites is 3. The maximum Gasteiger partial charge on any atom is 0.216 e. The van der Waals surface area contributed by atoms with E-state index in [1.165, 1.54) is 16.8 Å². The quantitative estimate of drug-likeness (QED) is 0.131. The number of nitrogens with zero attached hydrogens (tertiary/aromatic N) is 4. The SMILES string of the molecule is Cc1ccc2c(n1)oc1c(-c3nc4ccccc4n3-c3ccccc3C(C)(C)C)[c-]ccc12.[2H]C([2H])([2H])c1c[c-]c(-c2ccc([Si](C)(C)C)cn2)cc1.[Ir]. The van der Waals surface area contributed by atoms with Gasteiger partial charge in [0.05, 0.1) is 30.5 Å². The zero-order valence-corrected chi connectivity index (χ0v) is 33.3. The largest absolute Gasteiger partial charge is 0.486 e. The number of hydrogen-bond acceptors (Lipinski definition) is 4. The van der Waals surface area contributed by atoms with E-state index in [0.29, 0.717) is 11.3 Å². The molecule has 8 aromatic rings. The molecule has 0 aliphatic heterocycles. The summed E-state index contributed by atoms with van der Waals surface area (Å²) in [4.78, 5) is 14.2. The first-order valence-corrected chi connectivity index (χ1v) is 20.4. The fourth-order valence-corrected chi connectivity index (χ4v) is 7.24. The summed E-state index contributed by atoms with van der Waals surface area (Å²) in [5.41, 5.74) is 9.44. The summed E-state index contributed by atoms with van der Waals surface area (Å²) in [5.74, 6) is 0.814. The van der Waals surface area contributed by atoms with Crippen molar-refractivity contribution in [3.8, 4) is 28.3 Å². The summed E-state index contributed by atoms with van der Waals surface area (Å²) >= 11 is 0. The van der Waals surface area contributed by atoms with E-state index in [-0.39, 0.29) is 25.5 Å². The molecule has 8 rings (SSSR count). The summed E-state index contributed by atoms with van der Waals surface area (Å²) in [5, 5.41) is 3.33. The molecule has 0 N–H and O–H groups in total. The minimum absolute atomic E-state index is 0. The summed E-state index contributed by atoms with van der Waals surface area (Å²) in [6.45, 7) is 13.5. The summed E-state index contributed by atoms with van der Waals surface area (Å²) in [6, 6.07) is 40.3. The van der Waals surface area contributed by atoms with Gasteiger partial charge >= 0.3 is 0 Å². The Morgan fingerprint density at radius 2 is 1.61 bits per heavy atom. The Hall–Kier alpha value is -4.68. The molecule has 7 heteroatoms. The molecule has 0 spiro atoms. The van der Waals surface area contributed by atoms with Crippen molar-refractivity contribution in [3.05, 3.63) is 138 Å². The van der Waals surface area contributed by atoms with Crippen LogP contribution < -0.4 is 5.19 Å². The molecule has 5 nitrogen and oxygen atoms in total. The molecule has 0 saturated carbocycles. The van der Waals surface area contributed by atoms with Crippen molar-refractivity contribution in [2.24, 2.45) is 0 Å². The molecule has 51 heavy (non-hydrogen) atoms. The van der Waals surface area contributed by atoms with E-state index in [9.17, 15) is 0 Å². The van der Waals surface area contributed by atoms with Gasteiger partial charge in [-0.2, -0.15) is 0 Å². The Labute approximate surface area is 319 Å². The van der Waals surface area contributed by atoms with Crippen LogP contribution in [0, 0.1) is 25.9 Å². The van der Waals surface area contributed by atoms with E-state index in [0.717, 1.165) is 61.4 Å². The van der Waals surface area contributed by atoms with Crippen molar-refractivity contribution in [3.63, 3.8) is 0 Å². The van der Waals surface area contributed by atoms with Crippen LogP contribution in [0.2, 0.25) is 19.6 Å². The second-order valence-electron chi connectivity index (χ2n) is 14.7. The fraction of sp³-hybridized carbons (Fsp3) is 0.205. The van der Waals surface area contributed by atoms with Gasteiger partial charge < -0.3 is 14.0 Å². The van der Waals surface area contributed by atoms with Gasteiger partial charge in [-0.1, -0.05) is 101 Å². The molecular weight excluding hydrogens is 821 g/mol.